The number of aromatic nitrogens is 2. The van der Waals surface area contributed by atoms with E-state index in [9.17, 15) is 13.2 Å². The fourth-order valence-electron chi connectivity index (χ4n) is 2.23. The van der Waals surface area contributed by atoms with Gasteiger partial charge in [0.05, 0.1) is 11.3 Å². The summed E-state index contributed by atoms with van der Waals surface area (Å²) < 4.78 is 37.9. The molecule has 0 atom stereocenters. The fourth-order valence-corrected chi connectivity index (χ4v) is 2.23. The zero-order valence-electron chi connectivity index (χ0n) is 10.5. The molecule has 1 aliphatic rings. The second-order valence-electron chi connectivity index (χ2n) is 4.74. The predicted octanol–water partition coefficient (Wildman–Crippen LogP) is 2.69. The van der Waals surface area contributed by atoms with Crippen molar-refractivity contribution in [1.82, 2.24) is 15.3 Å². The number of benzene rings is 1. The van der Waals surface area contributed by atoms with Crippen molar-refractivity contribution in [2.45, 2.75) is 25.7 Å². The van der Waals surface area contributed by atoms with Crippen LogP contribution in [0.1, 0.15) is 28.2 Å². The number of hydrogen-bond donors (Lipinski definition) is 1. The molecule has 6 heteroatoms. The van der Waals surface area contributed by atoms with E-state index in [0.717, 1.165) is 29.9 Å². The van der Waals surface area contributed by atoms with Gasteiger partial charge in [0.15, 0.2) is 0 Å². The van der Waals surface area contributed by atoms with E-state index in [4.69, 9.17) is 0 Å². The van der Waals surface area contributed by atoms with E-state index in [0.29, 0.717) is 24.4 Å². The van der Waals surface area contributed by atoms with Crippen molar-refractivity contribution in [1.29, 1.82) is 0 Å². The molecule has 0 aliphatic carbocycles. The van der Waals surface area contributed by atoms with Crippen molar-refractivity contribution in [3.63, 3.8) is 0 Å². The Labute approximate surface area is 113 Å². The monoisotopic (exact) mass is 279 g/mol. The summed E-state index contributed by atoms with van der Waals surface area (Å²) in [5.41, 5.74) is 1.91. The third-order valence-corrected chi connectivity index (χ3v) is 3.23. The highest BCUT2D eigenvalue weighted by atomic mass is 19.4. The van der Waals surface area contributed by atoms with Gasteiger partial charge in [-0.3, -0.25) is 0 Å². The molecular weight excluding hydrogens is 267 g/mol. The molecule has 0 saturated heterocycles. The van der Waals surface area contributed by atoms with Gasteiger partial charge in [-0.15, -0.1) is 0 Å². The van der Waals surface area contributed by atoms with Gasteiger partial charge in [-0.1, -0.05) is 18.2 Å². The summed E-state index contributed by atoms with van der Waals surface area (Å²) in [6.07, 6.45) is -2.28. The Hall–Kier alpha value is -1.95. The molecular formula is C14H12F3N3. The topological polar surface area (TPSA) is 37.8 Å². The number of nitrogens with zero attached hydrogens (tertiary/aromatic N) is 2. The van der Waals surface area contributed by atoms with Crippen LogP contribution >= 0.6 is 0 Å². The second-order valence-corrected chi connectivity index (χ2v) is 4.74. The molecule has 0 fully saturated rings. The van der Waals surface area contributed by atoms with Gasteiger partial charge in [0.25, 0.3) is 0 Å². The minimum atomic E-state index is -4.32. The lowest BCUT2D eigenvalue weighted by atomic mass is 10.1. The van der Waals surface area contributed by atoms with E-state index in [1.54, 1.807) is 12.3 Å². The Balaban J connectivity index is 1.84. The fraction of sp³-hybridized carbons (Fsp3) is 0.286. The molecule has 0 spiro atoms. The summed E-state index contributed by atoms with van der Waals surface area (Å²) in [5.74, 6) is 0.548. The molecule has 1 aliphatic heterocycles. The quantitative estimate of drug-likeness (QED) is 0.918. The Morgan fingerprint density at radius 2 is 2.05 bits per heavy atom. The summed E-state index contributed by atoms with van der Waals surface area (Å²) in [6, 6.07) is 5.28. The van der Waals surface area contributed by atoms with Crippen molar-refractivity contribution in [3.05, 3.63) is 58.7 Å². The molecule has 1 aromatic heterocycles. The van der Waals surface area contributed by atoms with Crippen molar-refractivity contribution in [3.8, 4) is 0 Å². The maximum absolute atomic E-state index is 12.6. The van der Waals surface area contributed by atoms with Crippen LogP contribution in [0.4, 0.5) is 13.2 Å². The lowest BCUT2D eigenvalue weighted by Gasteiger charge is -2.08. The first kappa shape index (κ1) is 13.1. The zero-order valence-corrected chi connectivity index (χ0v) is 10.5. The minimum absolute atomic E-state index is 0.303. The number of fused-ring (bicyclic) bond motifs is 1. The van der Waals surface area contributed by atoms with Crippen LogP contribution in [0.2, 0.25) is 0 Å². The first-order valence-corrected chi connectivity index (χ1v) is 6.23. The highest BCUT2D eigenvalue weighted by Crippen LogP contribution is 2.29. The SMILES string of the molecule is FC(F)(F)c1cccc(Cc2ncc3c(n2)CNC3)c1. The van der Waals surface area contributed by atoms with Crippen molar-refractivity contribution < 1.29 is 13.2 Å². The Morgan fingerprint density at radius 3 is 2.85 bits per heavy atom. The molecule has 3 nitrogen and oxygen atoms in total. The van der Waals surface area contributed by atoms with Gasteiger partial charge in [-0.2, -0.15) is 13.2 Å². The largest absolute Gasteiger partial charge is 0.416 e. The first-order valence-electron chi connectivity index (χ1n) is 6.23. The van der Waals surface area contributed by atoms with Gasteiger partial charge in [0, 0.05) is 31.3 Å². The van der Waals surface area contributed by atoms with Gasteiger partial charge in [-0.25, -0.2) is 9.97 Å². The van der Waals surface area contributed by atoms with Crippen LogP contribution < -0.4 is 5.32 Å². The standard InChI is InChI=1S/C14H12F3N3/c15-14(16,17)11-3-1-2-9(4-11)5-13-19-7-10-6-18-8-12(10)20-13/h1-4,7,18H,5-6,8H2. The molecule has 0 bridgehead atoms. The maximum Gasteiger partial charge on any atom is 0.416 e. The van der Waals surface area contributed by atoms with E-state index < -0.39 is 11.7 Å². The van der Waals surface area contributed by atoms with Gasteiger partial charge < -0.3 is 5.32 Å². The zero-order chi connectivity index (χ0) is 14.2. The van der Waals surface area contributed by atoms with Crippen LogP contribution in [-0.4, -0.2) is 9.97 Å². The third-order valence-electron chi connectivity index (χ3n) is 3.23. The van der Waals surface area contributed by atoms with Gasteiger partial charge in [-0.05, 0) is 11.6 Å². The van der Waals surface area contributed by atoms with E-state index in [1.807, 2.05) is 0 Å². The molecule has 2 aromatic rings. The first-order chi connectivity index (χ1) is 9.52. The number of rotatable bonds is 2. The highest BCUT2D eigenvalue weighted by Gasteiger charge is 2.30. The average molecular weight is 279 g/mol. The van der Waals surface area contributed by atoms with Crippen LogP contribution in [0.15, 0.2) is 30.5 Å². The molecule has 3 rings (SSSR count). The minimum Gasteiger partial charge on any atom is -0.307 e. The second kappa shape index (κ2) is 4.86. The summed E-state index contributed by atoms with van der Waals surface area (Å²) in [4.78, 5) is 8.59. The summed E-state index contributed by atoms with van der Waals surface area (Å²) in [7, 11) is 0. The molecule has 0 saturated carbocycles. The molecule has 1 aromatic carbocycles. The molecule has 0 amide bonds. The summed E-state index contributed by atoms with van der Waals surface area (Å²) in [6.45, 7) is 1.44. The number of alkyl halides is 3. The Kier molecular flexibility index (Phi) is 3.17. The van der Waals surface area contributed by atoms with Crippen molar-refractivity contribution in [2.24, 2.45) is 0 Å². The van der Waals surface area contributed by atoms with Crippen LogP contribution in [0, 0.1) is 0 Å². The van der Waals surface area contributed by atoms with Gasteiger partial charge >= 0.3 is 6.18 Å². The number of nitrogens with one attached hydrogen (secondary N) is 1. The lowest BCUT2D eigenvalue weighted by molar-refractivity contribution is -0.137. The molecule has 0 unspecified atom stereocenters. The average Bonchev–Trinajstić information content (AvgIpc) is 2.85. The van der Waals surface area contributed by atoms with E-state index in [2.05, 4.69) is 15.3 Å². The van der Waals surface area contributed by atoms with Crippen molar-refractivity contribution >= 4 is 0 Å². The molecule has 0 radical (unpaired) electrons. The van der Waals surface area contributed by atoms with Gasteiger partial charge in [0.1, 0.15) is 5.82 Å². The predicted molar refractivity (Wildman–Crippen MR) is 66.8 cm³/mol. The molecule has 1 N–H and O–H groups in total. The van der Waals surface area contributed by atoms with Gasteiger partial charge in [0.2, 0.25) is 0 Å². The summed E-state index contributed by atoms with van der Waals surface area (Å²) in [5, 5.41) is 3.16. The van der Waals surface area contributed by atoms with E-state index in [-0.39, 0.29) is 0 Å². The van der Waals surface area contributed by atoms with Crippen LogP contribution in [0.25, 0.3) is 0 Å². The van der Waals surface area contributed by atoms with Crippen LogP contribution in [-0.2, 0) is 25.7 Å². The van der Waals surface area contributed by atoms with E-state index in [1.165, 1.54) is 6.07 Å². The highest BCUT2D eigenvalue weighted by molar-refractivity contribution is 5.29. The Morgan fingerprint density at radius 1 is 1.20 bits per heavy atom. The third kappa shape index (κ3) is 2.65. The van der Waals surface area contributed by atoms with Crippen LogP contribution in [0.5, 0.6) is 0 Å². The maximum atomic E-state index is 12.6. The van der Waals surface area contributed by atoms with E-state index >= 15 is 0 Å². The number of hydrogen-bond acceptors (Lipinski definition) is 3. The smallest absolute Gasteiger partial charge is 0.307 e. The molecule has 20 heavy (non-hydrogen) atoms. The number of halogens is 3. The molecule has 2 heterocycles. The lowest BCUT2D eigenvalue weighted by Crippen LogP contribution is -2.06. The normalized spacial score (nSPS) is 14.3. The summed E-state index contributed by atoms with van der Waals surface area (Å²) >= 11 is 0. The Bertz CT molecular complexity index is 638. The molecule has 104 valence electrons. The van der Waals surface area contributed by atoms with Crippen LogP contribution in [0.3, 0.4) is 0 Å². The van der Waals surface area contributed by atoms with Crippen molar-refractivity contribution in [2.75, 3.05) is 0 Å².